The van der Waals surface area contributed by atoms with E-state index in [9.17, 15) is 9.90 Å². The van der Waals surface area contributed by atoms with E-state index >= 15 is 0 Å². The third kappa shape index (κ3) is 3.10. The molecule has 1 aromatic carbocycles. The van der Waals surface area contributed by atoms with Crippen molar-refractivity contribution in [2.75, 3.05) is 36.5 Å². The van der Waals surface area contributed by atoms with Gasteiger partial charge < -0.3 is 14.9 Å². The first-order chi connectivity index (χ1) is 10.6. The summed E-state index contributed by atoms with van der Waals surface area (Å²) in [5.74, 6) is 1.23. The number of aliphatic hydroxyl groups is 1. The van der Waals surface area contributed by atoms with Crippen molar-refractivity contribution in [3.63, 3.8) is 0 Å². The second-order valence-corrected chi connectivity index (χ2v) is 7.42. The number of benzene rings is 1. The molecule has 2 aliphatic rings. The van der Waals surface area contributed by atoms with Crippen LogP contribution in [0.15, 0.2) is 24.3 Å². The van der Waals surface area contributed by atoms with Gasteiger partial charge in [-0.2, -0.15) is 11.8 Å². The fourth-order valence-corrected chi connectivity index (χ4v) is 4.55. The first-order valence-corrected chi connectivity index (χ1v) is 9.14. The Labute approximate surface area is 136 Å². The van der Waals surface area contributed by atoms with Gasteiger partial charge in [0.15, 0.2) is 5.60 Å². The summed E-state index contributed by atoms with van der Waals surface area (Å²) in [5, 5.41) is 10.5. The summed E-state index contributed by atoms with van der Waals surface area (Å²) in [5.41, 5.74) is 1.23. The highest BCUT2D eigenvalue weighted by Crippen LogP contribution is 2.31. The predicted octanol–water partition coefficient (Wildman–Crippen LogP) is 2.11. The van der Waals surface area contributed by atoms with Crippen molar-refractivity contribution in [1.29, 1.82) is 0 Å². The van der Waals surface area contributed by atoms with Gasteiger partial charge in [-0.25, -0.2) is 0 Å². The Morgan fingerprint density at radius 1 is 1.36 bits per heavy atom. The number of hydrogen-bond donors (Lipinski definition) is 1. The Morgan fingerprint density at radius 2 is 2.09 bits per heavy atom. The minimum Gasteiger partial charge on any atom is -0.379 e. The Balaban J connectivity index is 1.73. The molecule has 1 unspecified atom stereocenters. The molecule has 4 nitrogen and oxygen atoms in total. The molecule has 3 rings (SSSR count). The van der Waals surface area contributed by atoms with Crippen molar-refractivity contribution < 1.29 is 9.90 Å². The van der Waals surface area contributed by atoms with Crippen molar-refractivity contribution in [2.24, 2.45) is 0 Å². The van der Waals surface area contributed by atoms with Crippen LogP contribution in [0.2, 0.25) is 0 Å². The molecule has 1 N–H and O–H groups in total. The number of anilines is 1. The van der Waals surface area contributed by atoms with Gasteiger partial charge >= 0.3 is 0 Å². The van der Waals surface area contributed by atoms with Crippen molar-refractivity contribution >= 4 is 23.4 Å². The zero-order valence-corrected chi connectivity index (χ0v) is 13.9. The SMILES string of the molecule is CN(Cc1ccccc1N1CCCC1)C(=O)C1(O)CCSC1. The zero-order chi connectivity index (χ0) is 15.6. The van der Waals surface area contributed by atoms with Gasteiger partial charge in [0, 0.05) is 38.1 Å². The number of para-hydroxylation sites is 1. The maximum Gasteiger partial charge on any atom is 0.255 e. The van der Waals surface area contributed by atoms with E-state index in [4.69, 9.17) is 0 Å². The van der Waals surface area contributed by atoms with Crippen LogP contribution < -0.4 is 4.90 Å². The van der Waals surface area contributed by atoms with Gasteiger partial charge in [0.05, 0.1) is 0 Å². The molecule has 0 aromatic heterocycles. The number of hydrogen-bond acceptors (Lipinski definition) is 4. The normalized spacial score (nSPS) is 24.7. The number of thioether (sulfide) groups is 1. The highest BCUT2D eigenvalue weighted by molar-refractivity contribution is 7.99. The number of carbonyl (C=O) groups is 1. The molecule has 5 heteroatoms. The number of likely N-dealkylation sites (N-methyl/N-ethyl adjacent to an activating group) is 1. The summed E-state index contributed by atoms with van der Waals surface area (Å²) >= 11 is 1.65. The Morgan fingerprint density at radius 3 is 2.77 bits per heavy atom. The van der Waals surface area contributed by atoms with Crippen LogP contribution >= 0.6 is 11.8 Å². The summed E-state index contributed by atoms with van der Waals surface area (Å²) in [6, 6.07) is 8.30. The Kier molecular flexibility index (Phi) is 4.64. The van der Waals surface area contributed by atoms with Gasteiger partial charge in [-0.05, 0) is 36.6 Å². The molecule has 2 heterocycles. The molecule has 2 aliphatic heterocycles. The van der Waals surface area contributed by atoms with Crippen LogP contribution in [0.4, 0.5) is 5.69 Å². The van der Waals surface area contributed by atoms with Crippen LogP contribution in [-0.4, -0.2) is 53.2 Å². The van der Waals surface area contributed by atoms with E-state index in [-0.39, 0.29) is 5.91 Å². The maximum absolute atomic E-state index is 12.6. The van der Waals surface area contributed by atoms with Crippen LogP contribution in [0.3, 0.4) is 0 Å². The van der Waals surface area contributed by atoms with E-state index in [1.807, 2.05) is 6.07 Å². The van der Waals surface area contributed by atoms with Gasteiger partial charge in [0.2, 0.25) is 0 Å². The molecule has 2 fully saturated rings. The molecule has 22 heavy (non-hydrogen) atoms. The smallest absolute Gasteiger partial charge is 0.255 e. The molecule has 1 atom stereocenters. The monoisotopic (exact) mass is 320 g/mol. The number of carbonyl (C=O) groups excluding carboxylic acids is 1. The molecule has 0 saturated carbocycles. The number of amides is 1. The lowest BCUT2D eigenvalue weighted by molar-refractivity contribution is -0.147. The topological polar surface area (TPSA) is 43.8 Å². The first-order valence-electron chi connectivity index (χ1n) is 7.99. The highest BCUT2D eigenvalue weighted by Gasteiger charge is 2.41. The minimum absolute atomic E-state index is 0.145. The van der Waals surface area contributed by atoms with E-state index in [1.165, 1.54) is 18.5 Å². The van der Waals surface area contributed by atoms with Crippen molar-refractivity contribution in [3.05, 3.63) is 29.8 Å². The Bertz CT molecular complexity index is 537. The van der Waals surface area contributed by atoms with E-state index in [2.05, 4.69) is 23.1 Å². The van der Waals surface area contributed by atoms with Crippen molar-refractivity contribution in [3.8, 4) is 0 Å². The first kappa shape index (κ1) is 15.7. The van der Waals surface area contributed by atoms with Crippen molar-refractivity contribution in [1.82, 2.24) is 4.90 Å². The average molecular weight is 320 g/mol. The van der Waals surface area contributed by atoms with Gasteiger partial charge in [-0.3, -0.25) is 4.79 Å². The molecule has 1 amide bonds. The van der Waals surface area contributed by atoms with Crippen LogP contribution in [0, 0.1) is 0 Å². The fourth-order valence-electron chi connectivity index (χ4n) is 3.32. The highest BCUT2D eigenvalue weighted by atomic mass is 32.2. The lowest BCUT2D eigenvalue weighted by Crippen LogP contribution is -2.47. The summed E-state index contributed by atoms with van der Waals surface area (Å²) in [7, 11) is 1.80. The Hall–Kier alpha value is -1.20. The van der Waals surface area contributed by atoms with Crippen LogP contribution in [0.5, 0.6) is 0 Å². The molecule has 0 aliphatic carbocycles. The minimum atomic E-state index is -1.16. The zero-order valence-electron chi connectivity index (χ0n) is 13.1. The summed E-state index contributed by atoms with van der Waals surface area (Å²) in [6.07, 6.45) is 3.04. The van der Waals surface area contributed by atoms with Gasteiger partial charge in [-0.1, -0.05) is 18.2 Å². The molecule has 0 radical (unpaired) electrons. The second kappa shape index (κ2) is 6.50. The van der Waals surface area contributed by atoms with Crippen LogP contribution in [0.25, 0.3) is 0 Å². The largest absolute Gasteiger partial charge is 0.379 e. The fraction of sp³-hybridized carbons (Fsp3) is 0.588. The maximum atomic E-state index is 12.6. The molecule has 1 aromatic rings. The van der Waals surface area contributed by atoms with E-state index < -0.39 is 5.60 Å². The van der Waals surface area contributed by atoms with Gasteiger partial charge in [0.25, 0.3) is 5.91 Å². The quantitative estimate of drug-likeness (QED) is 0.923. The van der Waals surface area contributed by atoms with Crippen LogP contribution in [-0.2, 0) is 11.3 Å². The predicted molar refractivity (Wildman–Crippen MR) is 91.3 cm³/mol. The standard InChI is InChI=1S/C17H24N2O2S/c1-18(16(20)17(21)8-11-22-13-17)12-14-6-2-3-7-15(14)19-9-4-5-10-19/h2-3,6-7,21H,4-5,8-13H2,1H3. The van der Waals surface area contributed by atoms with E-state index in [0.717, 1.165) is 24.4 Å². The second-order valence-electron chi connectivity index (χ2n) is 6.32. The van der Waals surface area contributed by atoms with Crippen molar-refractivity contribution in [2.45, 2.75) is 31.4 Å². The van der Waals surface area contributed by atoms with Gasteiger partial charge in [-0.15, -0.1) is 0 Å². The molecule has 0 spiro atoms. The third-order valence-corrected chi connectivity index (χ3v) is 5.77. The number of rotatable bonds is 4. The average Bonchev–Trinajstić information content (AvgIpc) is 3.19. The van der Waals surface area contributed by atoms with E-state index in [0.29, 0.717) is 18.7 Å². The van der Waals surface area contributed by atoms with E-state index in [1.54, 1.807) is 23.7 Å². The van der Waals surface area contributed by atoms with Crippen LogP contribution in [0.1, 0.15) is 24.8 Å². The summed E-state index contributed by atoms with van der Waals surface area (Å²) < 4.78 is 0. The molecular formula is C17H24N2O2S. The summed E-state index contributed by atoms with van der Waals surface area (Å²) in [6.45, 7) is 2.74. The summed E-state index contributed by atoms with van der Waals surface area (Å²) in [4.78, 5) is 16.6. The molecular weight excluding hydrogens is 296 g/mol. The molecule has 2 saturated heterocycles. The number of nitrogens with zero attached hydrogens (tertiary/aromatic N) is 2. The lowest BCUT2D eigenvalue weighted by atomic mass is 10.0. The third-order valence-electron chi connectivity index (χ3n) is 4.59. The lowest BCUT2D eigenvalue weighted by Gasteiger charge is -2.29. The molecule has 0 bridgehead atoms. The van der Waals surface area contributed by atoms with Gasteiger partial charge in [0.1, 0.15) is 0 Å². The molecule has 120 valence electrons.